The first-order chi connectivity index (χ1) is 13.4. The molecule has 0 spiro atoms. The van der Waals surface area contributed by atoms with Crippen LogP contribution in [-0.2, 0) is 40.5 Å². The van der Waals surface area contributed by atoms with Gasteiger partial charge in [0.25, 0.3) is 40.5 Å². The van der Waals surface area contributed by atoms with Gasteiger partial charge in [0.05, 0.1) is 5.69 Å². The number of benzene rings is 2. The third kappa shape index (κ3) is 5.23. The fourth-order valence-electron chi connectivity index (χ4n) is 2.19. The Labute approximate surface area is 169 Å². The van der Waals surface area contributed by atoms with Crippen molar-refractivity contribution in [2.45, 2.75) is 19.6 Å². The predicted octanol–water partition coefficient (Wildman–Crippen LogP) is 1.09. The van der Waals surface area contributed by atoms with Gasteiger partial charge in [0.15, 0.2) is 0 Å². The lowest BCUT2D eigenvalue weighted by molar-refractivity contribution is 0.447. The number of azo groups is 1. The first kappa shape index (κ1) is 24.0. The molecule has 18 heteroatoms. The molecule has 2 aromatic rings. The molecule has 4 N–H and O–H groups in total. The number of nitrogens with zero attached hydrogens (tertiary/aromatic N) is 2. The van der Waals surface area contributed by atoms with Crippen LogP contribution in [0.2, 0.25) is 0 Å². The molecule has 2 rings (SSSR count). The molecule has 0 aliphatic heterocycles. The fraction of sp³-hybridized carbons (Fsp3) is 0. The molecule has 0 aliphatic carbocycles. The highest BCUT2D eigenvalue weighted by Gasteiger charge is 2.40. The molecule has 0 amide bonds. The zero-order valence-electron chi connectivity index (χ0n) is 14.0. The standard InChI is InChI=1S/C12H10N2O12S4/c15-27(16,17)9-6-8(14-13-7-4-2-1-3-5-7)10(28(18,19)20)12(30(24,25)26)11(9)29(21,22)23/h1-6H,(H,15,16,17)(H,18,19,20)(H,21,22,23)(H,24,25,26). The van der Waals surface area contributed by atoms with Gasteiger partial charge in [-0.1, -0.05) is 18.2 Å². The van der Waals surface area contributed by atoms with Gasteiger partial charge < -0.3 is 0 Å². The molecule has 0 radical (unpaired) electrons. The van der Waals surface area contributed by atoms with Crippen LogP contribution in [0, 0.1) is 0 Å². The van der Waals surface area contributed by atoms with Crippen LogP contribution in [0.1, 0.15) is 0 Å². The van der Waals surface area contributed by atoms with E-state index in [-0.39, 0.29) is 11.8 Å². The summed E-state index contributed by atoms with van der Waals surface area (Å²) >= 11 is 0. The Morgan fingerprint density at radius 1 is 0.567 bits per heavy atom. The number of hydrogen-bond acceptors (Lipinski definition) is 10. The molecule has 2 aromatic carbocycles. The molecule has 30 heavy (non-hydrogen) atoms. The smallest absolute Gasteiger partial charge is 0.282 e. The van der Waals surface area contributed by atoms with E-state index in [1.165, 1.54) is 24.3 Å². The molecule has 0 saturated carbocycles. The van der Waals surface area contributed by atoms with Gasteiger partial charge in [-0.2, -0.15) is 38.8 Å². The molecular weight excluding hydrogens is 492 g/mol. The van der Waals surface area contributed by atoms with Crippen molar-refractivity contribution in [3.63, 3.8) is 0 Å². The largest absolute Gasteiger partial charge is 0.298 e. The summed E-state index contributed by atoms with van der Waals surface area (Å²) in [5.41, 5.74) is -1.28. The number of hydrogen-bond donors (Lipinski definition) is 4. The Morgan fingerprint density at radius 2 is 1.03 bits per heavy atom. The molecule has 0 unspecified atom stereocenters. The third-order valence-electron chi connectivity index (χ3n) is 3.22. The zero-order chi connectivity index (χ0) is 23.1. The summed E-state index contributed by atoms with van der Waals surface area (Å²) in [4.78, 5) is -8.25. The van der Waals surface area contributed by atoms with Crippen molar-refractivity contribution >= 4 is 51.8 Å². The predicted molar refractivity (Wildman–Crippen MR) is 96.3 cm³/mol. The van der Waals surface area contributed by atoms with Crippen LogP contribution >= 0.6 is 0 Å². The lowest BCUT2D eigenvalue weighted by Crippen LogP contribution is -2.18. The van der Waals surface area contributed by atoms with Gasteiger partial charge in [-0.05, 0) is 18.2 Å². The maximum absolute atomic E-state index is 11.8. The number of rotatable bonds is 6. The van der Waals surface area contributed by atoms with E-state index >= 15 is 0 Å². The normalized spacial score (nSPS) is 13.6. The Hall–Kier alpha value is -2.32. The quantitative estimate of drug-likeness (QED) is 0.320. The van der Waals surface area contributed by atoms with Crippen LogP contribution < -0.4 is 0 Å². The van der Waals surface area contributed by atoms with E-state index in [0.29, 0.717) is 0 Å². The van der Waals surface area contributed by atoms with Gasteiger partial charge in [-0.3, -0.25) is 18.2 Å². The Bertz CT molecular complexity index is 1460. The molecular formula is C12H10N2O12S4. The topological polar surface area (TPSA) is 242 Å². The first-order valence-electron chi connectivity index (χ1n) is 7.02. The van der Waals surface area contributed by atoms with Crippen molar-refractivity contribution in [2.24, 2.45) is 10.2 Å². The van der Waals surface area contributed by atoms with Gasteiger partial charge in [0.2, 0.25) is 0 Å². The van der Waals surface area contributed by atoms with Crippen LogP contribution in [0.3, 0.4) is 0 Å². The van der Waals surface area contributed by atoms with Crippen molar-refractivity contribution in [1.82, 2.24) is 0 Å². The maximum atomic E-state index is 11.8. The Balaban J connectivity index is 3.21. The van der Waals surface area contributed by atoms with E-state index < -0.39 is 65.7 Å². The van der Waals surface area contributed by atoms with Gasteiger partial charge in [-0.25, -0.2) is 0 Å². The van der Waals surface area contributed by atoms with E-state index in [2.05, 4.69) is 10.2 Å². The van der Waals surface area contributed by atoms with E-state index in [4.69, 9.17) is 0 Å². The van der Waals surface area contributed by atoms with Gasteiger partial charge in [-0.15, -0.1) is 5.11 Å². The van der Waals surface area contributed by atoms with E-state index in [1.807, 2.05) is 0 Å². The minimum atomic E-state index is -5.97. The minimum absolute atomic E-state index is 0.0134. The van der Waals surface area contributed by atoms with Gasteiger partial charge in [0.1, 0.15) is 25.3 Å². The average Bonchev–Trinajstić information content (AvgIpc) is 2.56. The van der Waals surface area contributed by atoms with Crippen LogP contribution in [0.5, 0.6) is 0 Å². The zero-order valence-corrected chi connectivity index (χ0v) is 17.3. The van der Waals surface area contributed by atoms with Crippen molar-refractivity contribution in [3.8, 4) is 0 Å². The van der Waals surface area contributed by atoms with Crippen molar-refractivity contribution in [1.29, 1.82) is 0 Å². The van der Waals surface area contributed by atoms with E-state index in [0.717, 1.165) is 0 Å². The lowest BCUT2D eigenvalue weighted by Gasteiger charge is -2.14. The molecule has 0 saturated heterocycles. The summed E-state index contributed by atoms with van der Waals surface area (Å²) in [6.07, 6.45) is 0. The van der Waals surface area contributed by atoms with Gasteiger partial charge >= 0.3 is 0 Å². The molecule has 14 nitrogen and oxygen atoms in total. The second-order valence-corrected chi connectivity index (χ2v) is 10.8. The van der Waals surface area contributed by atoms with Crippen LogP contribution in [-0.4, -0.2) is 51.9 Å². The van der Waals surface area contributed by atoms with Crippen LogP contribution in [0.15, 0.2) is 66.2 Å². The second kappa shape index (κ2) is 7.74. The molecule has 0 heterocycles. The summed E-state index contributed by atoms with van der Waals surface area (Å²) in [7, 11) is -23.3. The molecule has 0 aliphatic rings. The summed E-state index contributed by atoms with van der Waals surface area (Å²) < 4.78 is 131. The molecule has 0 atom stereocenters. The highest BCUT2D eigenvalue weighted by molar-refractivity contribution is 7.91. The van der Waals surface area contributed by atoms with Crippen molar-refractivity contribution < 1.29 is 51.9 Å². The van der Waals surface area contributed by atoms with Gasteiger partial charge in [0, 0.05) is 0 Å². The molecule has 0 bridgehead atoms. The first-order valence-corrected chi connectivity index (χ1v) is 12.8. The summed E-state index contributed by atoms with van der Waals surface area (Å²) in [5.74, 6) is 0. The summed E-state index contributed by atoms with van der Waals surface area (Å²) in [6, 6.07) is 7.10. The summed E-state index contributed by atoms with van der Waals surface area (Å²) in [5, 5.41) is 6.75. The monoisotopic (exact) mass is 502 g/mol. The van der Waals surface area contributed by atoms with Crippen LogP contribution in [0.25, 0.3) is 0 Å². The van der Waals surface area contributed by atoms with E-state index in [1.54, 1.807) is 6.07 Å². The lowest BCUT2D eigenvalue weighted by atomic mass is 10.3. The van der Waals surface area contributed by atoms with E-state index in [9.17, 15) is 51.9 Å². The molecule has 0 aromatic heterocycles. The average molecular weight is 502 g/mol. The molecule has 0 fully saturated rings. The highest BCUT2D eigenvalue weighted by Crippen LogP contribution is 2.40. The fourth-order valence-corrected chi connectivity index (χ4v) is 6.84. The second-order valence-electron chi connectivity index (χ2n) is 5.32. The summed E-state index contributed by atoms with van der Waals surface area (Å²) in [6.45, 7) is 0. The Kier molecular flexibility index (Phi) is 6.18. The maximum Gasteiger partial charge on any atom is 0.298 e. The van der Waals surface area contributed by atoms with Crippen molar-refractivity contribution in [3.05, 3.63) is 36.4 Å². The van der Waals surface area contributed by atoms with Crippen LogP contribution in [0.4, 0.5) is 11.4 Å². The third-order valence-corrected chi connectivity index (χ3v) is 7.28. The highest BCUT2D eigenvalue weighted by atomic mass is 32.2. The SMILES string of the molecule is O=S(=O)(O)c1cc(N=Nc2ccccc2)c(S(=O)(=O)O)c(S(=O)(=O)O)c1S(=O)(=O)O. The minimum Gasteiger partial charge on any atom is -0.282 e. The Morgan fingerprint density at radius 3 is 1.43 bits per heavy atom. The molecule has 164 valence electrons. The van der Waals surface area contributed by atoms with Crippen molar-refractivity contribution in [2.75, 3.05) is 0 Å².